The Bertz CT molecular complexity index is 648. The van der Waals surface area contributed by atoms with Gasteiger partial charge in [-0.25, -0.2) is 4.39 Å². The lowest BCUT2D eigenvalue weighted by Gasteiger charge is -2.12. The van der Waals surface area contributed by atoms with E-state index in [1.54, 1.807) is 12.1 Å². The van der Waals surface area contributed by atoms with Crippen molar-refractivity contribution >= 4 is 44.6 Å². The number of nitrogens with zero attached hydrogens (tertiary/aromatic N) is 2. The van der Waals surface area contributed by atoms with E-state index >= 15 is 0 Å². The van der Waals surface area contributed by atoms with Crippen molar-refractivity contribution in [2.75, 3.05) is 5.32 Å². The second kappa shape index (κ2) is 5.58. The van der Waals surface area contributed by atoms with E-state index in [1.807, 2.05) is 6.92 Å². The molecule has 0 spiro atoms. The second-order valence-electron chi connectivity index (χ2n) is 3.86. The normalized spacial score (nSPS) is 10.3. The van der Waals surface area contributed by atoms with Crippen molar-refractivity contribution in [3.8, 4) is 0 Å². The van der Waals surface area contributed by atoms with Crippen molar-refractivity contribution in [3.05, 3.63) is 45.8 Å². The molecule has 0 aliphatic carbocycles. The monoisotopic (exact) mass is 340 g/mol. The number of rotatable bonds is 3. The third kappa shape index (κ3) is 3.05. The highest BCUT2D eigenvalue weighted by molar-refractivity contribution is 9.10. The number of hydrogen-bond acceptors (Lipinski definition) is 4. The minimum absolute atomic E-state index is 0.202. The van der Waals surface area contributed by atoms with E-state index in [0.717, 1.165) is 5.56 Å². The fourth-order valence-corrected chi connectivity index (χ4v) is 2.15. The van der Waals surface area contributed by atoms with E-state index in [4.69, 9.17) is 18.0 Å². The average Bonchev–Trinajstić information content (AvgIpc) is 2.36. The Morgan fingerprint density at radius 1 is 1.47 bits per heavy atom. The van der Waals surface area contributed by atoms with Crippen LogP contribution in [0.25, 0.3) is 0 Å². The average molecular weight is 341 g/mol. The van der Waals surface area contributed by atoms with Gasteiger partial charge in [0, 0.05) is 5.69 Å². The highest BCUT2D eigenvalue weighted by Crippen LogP contribution is 2.26. The van der Waals surface area contributed by atoms with Crippen molar-refractivity contribution in [3.63, 3.8) is 0 Å². The Labute approximate surface area is 123 Å². The summed E-state index contributed by atoms with van der Waals surface area (Å²) < 4.78 is 14.0. The summed E-state index contributed by atoms with van der Waals surface area (Å²) in [6, 6.07) is 4.70. The van der Waals surface area contributed by atoms with E-state index in [2.05, 4.69) is 31.4 Å². The summed E-state index contributed by atoms with van der Waals surface area (Å²) in [5.41, 5.74) is 7.60. The standard InChI is InChI=1S/C12H10BrFN4S/c1-6-4-8(13)9(14)5-10(6)17-12-7(11(15)19)2-3-16-18-12/h2-5H,1H3,(H2,15,19)(H,17,18). The molecule has 0 amide bonds. The van der Waals surface area contributed by atoms with Crippen LogP contribution in [0.1, 0.15) is 11.1 Å². The minimum atomic E-state index is -0.367. The van der Waals surface area contributed by atoms with Gasteiger partial charge >= 0.3 is 0 Å². The quantitative estimate of drug-likeness (QED) is 0.840. The number of thiocarbonyl (C=S) groups is 1. The number of aryl methyl sites for hydroxylation is 1. The molecular weight excluding hydrogens is 331 g/mol. The molecule has 1 aromatic carbocycles. The lowest BCUT2D eigenvalue weighted by molar-refractivity contribution is 0.621. The molecule has 2 rings (SSSR count). The van der Waals surface area contributed by atoms with Gasteiger partial charge in [0.1, 0.15) is 10.8 Å². The molecule has 0 fully saturated rings. The summed E-state index contributed by atoms with van der Waals surface area (Å²) in [5.74, 6) is 0.0358. The molecule has 19 heavy (non-hydrogen) atoms. The highest BCUT2D eigenvalue weighted by Gasteiger charge is 2.10. The Hall–Kier alpha value is -1.60. The van der Waals surface area contributed by atoms with Gasteiger partial charge in [-0.3, -0.25) is 0 Å². The predicted octanol–water partition coefficient (Wildman–Crippen LogP) is 3.06. The molecule has 0 saturated heterocycles. The van der Waals surface area contributed by atoms with Crippen molar-refractivity contribution in [2.24, 2.45) is 5.73 Å². The first-order valence-electron chi connectivity index (χ1n) is 5.33. The van der Waals surface area contributed by atoms with Gasteiger partial charge in [0.15, 0.2) is 5.82 Å². The summed E-state index contributed by atoms with van der Waals surface area (Å²) in [6.45, 7) is 1.85. The van der Waals surface area contributed by atoms with Gasteiger partial charge < -0.3 is 11.1 Å². The van der Waals surface area contributed by atoms with Gasteiger partial charge in [0.05, 0.1) is 16.2 Å². The van der Waals surface area contributed by atoms with Crippen molar-refractivity contribution in [1.29, 1.82) is 0 Å². The van der Waals surface area contributed by atoms with E-state index in [-0.39, 0.29) is 10.8 Å². The third-order valence-electron chi connectivity index (χ3n) is 2.51. The first-order chi connectivity index (χ1) is 8.99. The number of nitrogens with one attached hydrogen (secondary N) is 1. The number of anilines is 2. The SMILES string of the molecule is Cc1cc(Br)c(F)cc1Nc1nnccc1C(N)=S. The molecule has 0 atom stereocenters. The van der Waals surface area contributed by atoms with Crippen LogP contribution in [0.2, 0.25) is 0 Å². The van der Waals surface area contributed by atoms with Gasteiger partial charge in [-0.1, -0.05) is 12.2 Å². The van der Waals surface area contributed by atoms with Crippen LogP contribution in [0.15, 0.2) is 28.9 Å². The molecule has 0 unspecified atom stereocenters. The molecule has 1 heterocycles. The van der Waals surface area contributed by atoms with Crippen LogP contribution in [0.3, 0.4) is 0 Å². The predicted molar refractivity (Wildman–Crippen MR) is 80.0 cm³/mol. The van der Waals surface area contributed by atoms with Crippen LogP contribution in [0.4, 0.5) is 15.9 Å². The smallest absolute Gasteiger partial charge is 0.163 e. The van der Waals surface area contributed by atoms with Gasteiger partial charge in [-0.2, -0.15) is 5.10 Å². The van der Waals surface area contributed by atoms with Crippen LogP contribution in [-0.2, 0) is 0 Å². The molecule has 3 N–H and O–H groups in total. The Morgan fingerprint density at radius 3 is 2.89 bits per heavy atom. The van der Waals surface area contributed by atoms with E-state index < -0.39 is 0 Å². The number of aromatic nitrogens is 2. The maximum absolute atomic E-state index is 13.5. The summed E-state index contributed by atoms with van der Waals surface area (Å²) in [5, 5.41) is 10.7. The summed E-state index contributed by atoms with van der Waals surface area (Å²) >= 11 is 8.07. The summed E-state index contributed by atoms with van der Waals surface area (Å²) in [4.78, 5) is 0.202. The number of hydrogen-bond donors (Lipinski definition) is 2. The number of halogens is 2. The van der Waals surface area contributed by atoms with Crippen molar-refractivity contribution < 1.29 is 4.39 Å². The van der Waals surface area contributed by atoms with Crippen LogP contribution >= 0.6 is 28.1 Å². The highest BCUT2D eigenvalue weighted by atomic mass is 79.9. The van der Waals surface area contributed by atoms with E-state index in [9.17, 15) is 4.39 Å². The van der Waals surface area contributed by atoms with Gasteiger partial charge in [0.25, 0.3) is 0 Å². The molecule has 7 heteroatoms. The molecule has 4 nitrogen and oxygen atoms in total. The topological polar surface area (TPSA) is 63.8 Å². The number of benzene rings is 1. The Morgan fingerprint density at radius 2 is 2.21 bits per heavy atom. The largest absolute Gasteiger partial charge is 0.389 e. The maximum atomic E-state index is 13.5. The fourth-order valence-electron chi connectivity index (χ4n) is 1.53. The van der Waals surface area contributed by atoms with E-state index in [0.29, 0.717) is 21.5 Å². The molecule has 0 aliphatic rings. The van der Waals surface area contributed by atoms with Crippen LogP contribution in [0.5, 0.6) is 0 Å². The minimum Gasteiger partial charge on any atom is -0.389 e. The molecule has 2 aromatic rings. The van der Waals surface area contributed by atoms with Crippen LogP contribution in [0, 0.1) is 12.7 Å². The van der Waals surface area contributed by atoms with Crippen LogP contribution in [-0.4, -0.2) is 15.2 Å². The third-order valence-corrected chi connectivity index (χ3v) is 3.33. The van der Waals surface area contributed by atoms with Crippen LogP contribution < -0.4 is 11.1 Å². The van der Waals surface area contributed by atoms with Gasteiger partial charge in [-0.05, 0) is 46.6 Å². The lowest BCUT2D eigenvalue weighted by atomic mass is 10.2. The van der Waals surface area contributed by atoms with Gasteiger partial charge in [-0.15, -0.1) is 5.10 Å². The maximum Gasteiger partial charge on any atom is 0.163 e. The Kier molecular flexibility index (Phi) is 4.06. The first kappa shape index (κ1) is 13.8. The molecule has 1 aromatic heterocycles. The fraction of sp³-hybridized carbons (Fsp3) is 0.0833. The molecule has 0 saturated carbocycles. The summed E-state index contributed by atoms with van der Waals surface area (Å²) in [7, 11) is 0. The zero-order valence-electron chi connectivity index (χ0n) is 9.95. The molecular formula is C12H10BrFN4S. The lowest BCUT2D eigenvalue weighted by Crippen LogP contribution is -2.13. The van der Waals surface area contributed by atoms with Gasteiger partial charge in [0.2, 0.25) is 0 Å². The summed E-state index contributed by atoms with van der Waals surface area (Å²) in [6.07, 6.45) is 1.49. The second-order valence-corrected chi connectivity index (χ2v) is 5.16. The van der Waals surface area contributed by atoms with E-state index in [1.165, 1.54) is 12.3 Å². The molecule has 0 radical (unpaired) electrons. The number of nitrogens with two attached hydrogens (primary N) is 1. The molecule has 0 bridgehead atoms. The Balaban J connectivity index is 2.42. The van der Waals surface area contributed by atoms with Crippen molar-refractivity contribution in [1.82, 2.24) is 10.2 Å². The first-order valence-corrected chi connectivity index (χ1v) is 6.53. The molecule has 0 aliphatic heterocycles. The zero-order chi connectivity index (χ0) is 14.0. The van der Waals surface area contributed by atoms with Crippen molar-refractivity contribution in [2.45, 2.75) is 6.92 Å². The zero-order valence-corrected chi connectivity index (χ0v) is 12.3. The molecule has 98 valence electrons.